The summed E-state index contributed by atoms with van der Waals surface area (Å²) in [6.45, 7) is 0. The second-order valence-electron chi connectivity index (χ2n) is 5.08. The minimum absolute atomic E-state index is 0.0400. The first-order valence-corrected chi connectivity index (χ1v) is 7.30. The van der Waals surface area contributed by atoms with Gasteiger partial charge in [0.2, 0.25) is 5.91 Å². The van der Waals surface area contributed by atoms with Crippen LogP contribution in [0.3, 0.4) is 0 Å². The van der Waals surface area contributed by atoms with Gasteiger partial charge in [0.25, 0.3) is 0 Å². The number of H-pyrrole nitrogens is 1. The van der Waals surface area contributed by atoms with Gasteiger partial charge in [-0.2, -0.15) is 10.4 Å². The number of anilines is 1. The van der Waals surface area contributed by atoms with Crippen LogP contribution in [-0.2, 0) is 4.79 Å². The quantitative estimate of drug-likeness (QED) is 0.717. The van der Waals surface area contributed by atoms with Gasteiger partial charge in [-0.3, -0.25) is 14.9 Å². The summed E-state index contributed by atoms with van der Waals surface area (Å²) in [6.07, 6.45) is 6.04. The SMILES string of the molecule is N#Cc1ccc(C=CC(=O)Nc2cc(-c3ccncc3)[nH]n2)cc1F. The van der Waals surface area contributed by atoms with Crippen LogP contribution in [0.1, 0.15) is 11.1 Å². The second-order valence-corrected chi connectivity index (χ2v) is 5.08. The lowest BCUT2D eigenvalue weighted by atomic mass is 10.1. The van der Waals surface area contributed by atoms with Gasteiger partial charge in [0.1, 0.15) is 11.9 Å². The van der Waals surface area contributed by atoms with Crippen molar-refractivity contribution in [3.63, 3.8) is 0 Å². The Kier molecular flexibility index (Phi) is 4.62. The highest BCUT2D eigenvalue weighted by Gasteiger charge is 2.06. The number of aromatic nitrogens is 3. The Hall–Kier alpha value is -3.79. The highest BCUT2D eigenvalue weighted by atomic mass is 19.1. The van der Waals surface area contributed by atoms with Crippen LogP contribution in [0.2, 0.25) is 0 Å². The maximum atomic E-state index is 13.5. The van der Waals surface area contributed by atoms with Crippen LogP contribution in [0.25, 0.3) is 17.3 Å². The Morgan fingerprint density at radius 3 is 2.76 bits per heavy atom. The lowest BCUT2D eigenvalue weighted by molar-refractivity contribution is -0.111. The Morgan fingerprint density at radius 1 is 1.24 bits per heavy atom. The van der Waals surface area contributed by atoms with E-state index in [1.165, 1.54) is 24.3 Å². The van der Waals surface area contributed by atoms with Crippen molar-refractivity contribution in [2.24, 2.45) is 0 Å². The molecule has 1 aromatic carbocycles. The number of rotatable bonds is 4. The number of benzene rings is 1. The van der Waals surface area contributed by atoms with Crippen molar-refractivity contribution in [3.05, 3.63) is 71.8 Å². The molecule has 0 saturated carbocycles. The number of halogens is 1. The third-order valence-electron chi connectivity index (χ3n) is 3.36. The van der Waals surface area contributed by atoms with Crippen LogP contribution in [0.5, 0.6) is 0 Å². The molecule has 0 spiro atoms. The van der Waals surface area contributed by atoms with Crippen molar-refractivity contribution in [2.75, 3.05) is 5.32 Å². The molecular weight excluding hydrogens is 321 g/mol. The molecule has 0 aliphatic rings. The van der Waals surface area contributed by atoms with Gasteiger partial charge < -0.3 is 5.32 Å². The van der Waals surface area contributed by atoms with Gasteiger partial charge in [0.05, 0.1) is 11.3 Å². The lowest BCUT2D eigenvalue weighted by Gasteiger charge is -1.97. The van der Waals surface area contributed by atoms with Crippen molar-refractivity contribution in [2.45, 2.75) is 0 Å². The van der Waals surface area contributed by atoms with Gasteiger partial charge in [-0.05, 0) is 35.9 Å². The maximum Gasteiger partial charge on any atom is 0.249 e. The van der Waals surface area contributed by atoms with Gasteiger partial charge in [0.15, 0.2) is 5.82 Å². The summed E-state index contributed by atoms with van der Waals surface area (Å²) >= 11 is 0. The van der Waals surface area contributed by atoms with Gasteiger partial charge in [-0.1, -0.05) is 6.07 Å². The van der Waals surface area contributed by atoms with Crippen molar-refractivity contribution < 1.29 is 9.18 Å². The maximum absolute atomic E-state index is 13.5. The monoisotopic (exact) mass is 333 g/mol. The largest absolute Gasteiger partial charge is 0.306 e. The second kappa shape index (κ2) is 7.19. The minimum atomic E-state index is -0.626. The molecule has 0 unspecified atom stereocenters. The van der Waals surface area contributed by atoms with E-state index >= 15 is 0 Å². The molecule has 1 amide bonds. The van der Waals surface area contributed by atoms with Gasteiger partial charge in [-0.25, -0.2) is 4.39 Å². The predicted octanol–water partition coefficient (Wildman–Crippen LogP) is 3.13. The molecule has 2 heterocycles. The van der Waals surface area contributed by atoms with Gasteiger partial charge in [-0.15, -0.1) is 0 Å². The third-order valence-corrected chi connectivity index (χ3v) is 3.36. The smallest absolute Gasteiger partial charge is 0.249 e. The Bertz CT molecular complexity index is 973. The molecule has 0 aliphatic heterocycles. The number of carbonyl (C=O) groups excluding carboxylic acids is 1. The van der Waals surface area contributed by atoms with E-state index in [0.29, 0.717) is 11.4 Å². The molecule has 25 heavy (non-hydrogen) atoms. The number of nitriles is 1. The van der Waals surface area contributed by atoms with E-state index in [9.17, 15) is 9.18 Å². The fourth-order valence-electron chi connectivity index (χ4n) is 2.13. The Labute approximate surface area is 142 Å². The molecule has 0 aliphatic carbocycles. The van der Waals surface area contributed by atoms with Crippen LogP contribution in [0, 0.1) is 17.1 Å². The number of hydrogen-bond acceptors (Lipinski definition) is 4. The van der Waals surface area contributed by atoms with Crippen LogP contribution >= 0.6 is 0 Å². The van der Waals surface area contributed by atoms with E-state index in [0.717, 1.165) is 11.3 Å². The number of nitrogens with one attached hydrogen (secondary N) is 2. The summed E-state index contributed by atoms with van der Waals surface area (Å²) in [5.74, 6) is -0.663. The molecule has 0 saturated heterocycles. The molecular formula is C18H12FN5O. The first-order valence-electron chi connectivity index (χ1n) is 7.30. The summed E-state index contributed by atoms with van der Waals surface area (Å²) in [6, 6.07) is 11.2. The fourth-order valence-corrected chi connectivity index (χ4v) is 2.13. The van der Waals surface area contributed by atoms with Gasteiger partial charge in [0, 0.05) is 30.1 Å². The summed E-state index contributed by atoms with van der Waals surface area (Å²) in [5.41, 5.74) is 2.08. The molecule has 0 atom stereocenters. The topological polar surface area (TPSA) is 94.5 Å². The molecule has 2 aromatic heterocycles. The first-order chi connectivity index (χ1) is 12.2. The van der Waals surface area contributed by atoms with Crippen LogP contribution in [0.15, 0.2) is 54.9 Å². The minimum Gasteiger partial charge on any atom is -0.306 e. The number of aromatic amines is 1. The summed E-state index contributed by atoms with van der Waals surface area (Å²) in [4.78, 5) is 15.9. The molecule has 3 rings (SSSR count). The number of amides is 1. The number of nitrogens with zero attached hydrogens (tertiary/aromatic N) is 3. The highest BCUT2D eigenvalue weighted by molar-refractivity contribution is 6.01. The molecule has 2 N–H and O–H groups in total. The van der Waals surface area contributed by atoms with Crippen LogP contribution < -0.4 is 5.32 Å². The average molecular weight is 333 g/mol. The zero-order valence-electron chi connectivity index (χ0n) is 12.9. The lowest BCUT2D eigenvalue weighted by Crippen LogP contribution is -2.07. The Balaban J connectivity index is 1.66. The zero-order valence-corrected chi connectivity index (χ0v) is 12.9. The Morgan fingerprint density at radius 2 is 2.04 bits per heavy atom. The van der Waals surface area contributed by atoms with E-state index in [4.69, 9.17) is 5.26 Å². The van der Waals surface area contributed by atoms with Crippen LogP contribution in [0.4, 0.5) is 10.2 Å². The standard InChI is InChI=1S/C18H12FN5O/c19-15-9-12(1-3-14(15)11-20)2-4-18(25)22-17-10-16(23-24-17)13-5-7-21-8-6-13/h1-10H,(H2,22,23,24,25). The van der Waals surface area contributed by atoms with E-state index in [-0.39, 0.29) is 5.56 Å². The summed E-state index contributed by atoms with van der Waals surface area (Å²) in [5, 5.41) is 18.1. The predicted molar refractivity (Wildman–Crippen MR) is 90.6 cm³/mol. The third kappa shape index (κ3) is 3.95. The summed E-state index contributed by atoms with van der Waals surface area (Å²) < 4.78 is 13.5. The highest BCUT2D eigenvalue weighted by Crippen LogP contribution is 2.18. The van der Waals surface area contributed by atoms with Crippen molar-refractivity contribution in [1.29, 1.82) is 5.26 Å². The number of hydrogen-bond donors (Lipinski definition) is 2. The average Bonchev–Trinajstić information content (AvgIpc) is 3.09. The summed E-state index contributed by atoms with van der Waals surface area (Å²) in [7, 11) is 0. The molecule has 0 bridgehead atoms. The molecule has 0 fully saturated rings. The van der Waals surface area contributed by atoms with E-state index in [1.807, 2.05) is 12.1 Å². The zero-order chi connectivity index (χ0) is 17.6. The van der Waals surface area contributed by atoms with E-state index in [2.05, 4.69) is 20.5 Å². The van der Waals surface area contributed by atoms with Crippen molar-refractivity contribution in [1.82, 2.24) is 15.2 Å². The van der Waals surface area contributed by atoms with Crippen molar-refractivity contribution >= 4 is 17.8 Å². The fraction of sp³-hybridized carbons (Fsp3) is 0. The van der Waals surface area contributed by atoms with E-state index < -0.39 is 11.7 Å². The molecule has 122 valence electrons. The normalized spacial score (nSPS) is 10.6. The molecule has 3 aromatic rings. The molecule has 6 nitrogen and oxygen atoms in total. The molecule has 0 radical (unpaired) electrons. The first kappa shape index (κ1) is 16.1. The number of carbonyl (C=O) groups is 1. The van der Waals surface area contributed by atoms with E-state index in [1.54, 1.807) is 30.6 Å². The molecule has 7 heteroatoms. The number of pyridine rings is 1. The van der Waals surface area contributed by atoms with Crippen LogP contribution in [-0.4, -0.2) is 21.1 Å². The van der Waals surface area contributed by atoms with Gasteiger partial charge >= 0.3 is 0 Å². The van der Waals surface area contributed by atoms with Crippen molar-refractivity contribution in [3.8, 4) is 17.3 Å².